The molecule has 0 aliphatic rings. The molecule has 4 heteroatoms. The Morgan fingerprint density at radius 3 is 1.17 bits per heavy atom. The van der Waals surface area contributed by atoms with Gasteiger partial charge >= 0.3 is 0 Å². The van der Waals surface area contributed by atoms with Crippen LogP contribution in [0, 0.1) is 18.5 Å². The van der Waals surface area contributed by atoms with Crippen molar-refractivity contribution in [2.24, 2.45) is 0 Å². The third-order valence-electron chi connectivity index (χ3n) is 5.08. The second-order valence-electron chi connectivity index (χ2n) is 7.08. The SMILES string of the molecule is CCc1cccc(CC)c1N[C](C)[CH][C](C)Nc1c(CC)cccc1CC.CO.[Zn]. The van der Waals surface area contributed by atoms with Crippen LogP contribution in [-0.2, 0) is 45.2 Å². The molecule has 2 rings (SSSR count). The number of rotatable bonds is 10. The number of hydrogen-bond acceptors (Lipinski definition) is 3. The zero-order chi connectivity index (χ0) is 21.8. The fourth-order valence-electron chi connectivity index (χ4n) is 3.60. The maximum absolute atomic E-state index is 7.00. The van der Waals surface area contributed by atoms with Gasteiger partial charge < -0.3 is 15.7 Å². The van der Waals surface area contributed by atoms with E-state index in [9.17, 15) is 0 Å². The van der Waals surface area contributed by atoms with Crippen molar-refractivity contribution in [3.63, 3.8) is 0 Å². The van der Waals surface area contributed by atoms with E-state index >= 15 is 0 Å². The monoisotopic (exact) mass is 459 g/mol. The first-order valence-corrected chi connectivity index (χ1v) is 10.8. The second-order valence-corrected chi connectivity index (χ2v) is 7.08. The smallest absolute Gasteiger partial charge is 0.0631 e. The van der Waals surface area contributed by atoms with E-state index in [4.69, 9.17) is 5.11 Å². The summed E-state index contributed by atoms with van der Waals surface area (Å²) in [5, 5.41) is 14.3. The van der Waals surface area contributed by atoms with Gasteiger partial charge in [-0.3, -0.25) is 0 Å². The van der Waals surface area contributed by atoms with Crippen LogP contribution in [-0.4, -0.2) is 12.2 Å². The molecule has 0 heterocycles. The van der Waals surface area contributed by atoms with Gasteiger partial charge in [0.05, 0.1) is 12.1 Å². The van der Waals surface area contributed by atoms with Crippen LogP contribution in [0.3, 0.4) is 0 Å². The van der Waals surface area contributed by atoms with E-state index < -0.39 is 0 Å². The van der Waals surface area contributed by atoms with Gasteiger partial charge in [-0.25, -0.2) is 0 Å². The summed E-state index contributed by atoms with van der Waals surface area (Å²) in [6.45, 7) is 13.1. The third-order valence-corrected chi connectivity index (χ3v) is 5.08. The minimum atomic E-state index is 0. The Bertz CT molecular complexity index is 627. The Hall–Kier alpha value is -1.38. The first kappa shape index (κ1) is 28.6. The van der Waals surface area contributed by atoms with Gasteiger partial charge in [-0.05, 0) is 61.8 Å². The minimum Gasteiger partial charge on any atom is -0.400 e. The molecule has 0 amide bonds. The molecule has 0 aliphatic carbocycles. The van der Waals surface area contributed by atoms with Crippen molar-refractivity contribution in [2.75, 3.05) is 17.7 Å². The average molecular weight is 461 g/mol. The first-order valence-electron chi connectivity index (χ1n) is 10.8. The van der Waals surface area contributed by atoms with E-state index in [0.29, 0.717) is 0 Å². The summed E-state index contributed by atoms with van der Waals surface area (Å²) in [5.41, 5.74) is 8.03. The van der Waals surface area contributed by atoms with E-state index in [1.807, 2.05) is 0 Å². The number of para-hydroxylation sites is 2. The fraction of sp³-hybridized carbons (Fsp3) is 0.423. The van der Waals surface area contributed by atoms with Crippen LogP contribution in [0.2, 0.25) is 0 Å². The Morgan fingerprint density at radius 1 is 0.667 bits per heavy atom. The van der Waals surface area contributed by atoms with Crippen molar-refractivity contribution < 1.29 is 24.6 Å². The van der Waals surface area contributed by atoms with E-state index in [1.54, 1.807) is 0 Å². The number of aliphatic hydroxyl groups excluding tert-OH is 1. The topological polar surface area (TPSA) is 44.3 Å². The van der Waals surface area contributed by atoms with Crippen molar-refractivity contribution in [1.82, 2.24) is 0 Å². The van der Waals surface area contributed by atoms with Crippen LogP contribution in [0.4, 0.5) is 11.4 Å². The Kier molecular flexibility index (Phi) is 14.7. The summed E-state index contributed by atoms with van der Waals surface area (Å²) in [6.07, 6.45) is 6.35. The summed E-state index contributed by atoms with van der Waals surface area (Å²) in [5.74, 6) is 0. The minimum absolute atomic E-state index is 0. The number of anilines is 2. The Morgan fingerprint density at radius 2 is 0.933 bits per heavy atom. The van der Waals surface area contributed by atoms with Crippen molar-refractivity contribution in [3.8, 4) is 0 Å². The zero-order valence-corrected chi connectivity index (χ0v) is 23.0. The van der Waals surface area contributed by atoms with Crippen molar-refractivity contribution in [3.05, 3.63) is 77.2 Å². The van der Waals surface area contributed by atoms with Crippen LogP contribution in [0.5, 0.6) is 0 Å². The van der Waals surface area contributed by atoms with Gasteiger partial charge in [0.25, 0.3) is 0 Å². The molecule has 3 nitrogen and oxygen atoms in total. The van der Waals surface area contributed by atoms with Gasteiger partial charge in [0.1, 0.15) is 0 Å². The van der Waals surface area contributed by atoms with Crippen LogP contribution >= 0.6 is 0 Å². The molecule has 2 aromatic carbocycles. The molecule has 0 aromatic heterocycles. The van der Waals surface area contributed by atoms with Gasteiger partial charge in [0, 0.05) is 44.4 Å². The number of aliphatic hydroxyl groups is 1. The van der Waals surface area contributed by atoms with Gasteiger partial charge in [-0.1, -0.05) is 64.1 Å². The molecule has 0 saturated carbocycles. The summed E-state index contributed by atoms with van der Waals surface area (Å²) in [4.78, 5) is 0. The molecule has 0 spiro atoms. The van der Waals surface area contributed by atoms with Crippen LogP contribution in [0.25, 0.3) is 0 Å². The molecular formula is C26H39N2OZn. The predicted molar refractivity (Wildman–Crippen MR) is 128 cm³/mol. The zero-order valence-electron chi connectivity index (χ0n) is 20.0. The summed E-state index contributed by atoms with van der Waals surface area (Å²) in [7, 11) is 1.00. The molecule has 0 atom stereocenters. The Balaban J connectivity index is 0.00000272. The largest absolute Gasteiger partial charge is 0.400 e. The normalized spacial score (nSPS) is 10.3. The van der Waals surface area contributed by atoms with Crippen LogP contribution in [0.15, 0.2) is 36.4 Å². The third kappa shape index (κ3) is 8.04. The predicted octanol–water partition coefficient (Wildman–Crippen LogP) is 6.37. The number of benzene rings is 2. The first-order chi connectivity index (χ1) is 14.0. The van der Waals surface area contributed by atoms with E-state index in [1.165, 1.54) is 33.6 Å². The van der Waals surface area contributed by atoms with Gasteiger partial charge in [0.2, 0.25) is 0 Å². The molecule has 0 aliphatic heterocycles. The Labute approximate surface area is 197 Å². The van der Waals surface area contributed by atoms with E-state index in [-0.39, 0.29) is 19.5 Å². The molecule has 30 heavy (non-hydrogen) atoms. The maximum atomic E-state index is 7.00. The van der Waals surface area contributed by atoms with Gasteiger partial charge in [-0.2, -0.15) is 0 Å². The quantitative estimate of drug-likeness (QED) is 0.361. The standard InChI is InChI=1S/C25H35N2.CH4O.Zn/c1-7-20-13-11-14-21(8-2)24(20)26-18(5)17-19(6)27-25-22(9-3)15-12-16-23(25)10-4;1-2;/h11-17,26-27H,7-10H2,1-6H3;2H,1H3;. The molecule has 2 aromatic rings. The molecule has 0 fully saturated rings. The van der Waals surface area contributed by atoms with Crippen molar-refractivity contribution >= 4 is 11.4 Å². The summed E-state index contributed by atoms with van der Waals surface area (Å²) in [6, 6.07) is 15.5. The second kappa shape index (κ2) is 15.4. The van der Waals surface area contributed by atoms with Crippen LogP contribution in [0.1, 0.15) is 63.8 Å². The summed E-state index contributed by atoms with van der Waals surface area (Å²) < 4.78 is 0. The van der Waals surface area contributed by atoms with Gasteiger partial charge in [-0.15, -0.1) is 0 Å². The molecule has 0 saturated heterocycles. The van der Waals surface area contributed by atoms with Crippen molar-refractivity contribution in [1.29, 1.82) is 0 Å². The summed E-state index contributed by atoms with van der Waals surface area (Å²) >= 11 is 0. The van der Waals surface area contributed by atoms with E-state index in [2.05, 4.69) is 95.0 Å². The molecule has 3 N–H and O–H groups in total. The number of hydrogen-bond donors (Lipinski definition) is 3. The average Bonchev–Trinajstić information content (AvgIpc) is 2.75. The molecule has 0 bridgehead atoms. The maximum Gasteiger partial charge on any atom is 0.0631 e. The molecule has 3 radical (unpaired) electrons. The molecular weight excluding hydrogens is 422 g/mol. The number of aryl methyl sites for hydroxylation is 4. The van der Waals surface area contributed by atoms with Crippen LogP contribution < -0.4 is 10.6 Å². The molecule has 161 valence electrons. The molecule has 0 unspecified atom stereocenters. The fourth-order valence-corrected chi connectivity index (χ4v) is 3.60. The van der Waals surface area contributed by atoms with Crippen molar-refractivity contribution in [2.45, 2.75) is 67.2 Å². The van der Waals surface area contributed by atoms with Gasteiger partial charge in [0.15, 0.2) is 0 Å². The van der Waals surface area contributed by atoms with E-state index in [0.717, 1.165) is 44.9 Å². The number of nitrogens with one attached hydrogen (secondary N) is 2.